The van der Waals surface area contributed by atoms with Gasteiger partial charge in [0.1, 0.15) is 12.0 Å². The molecule has 0 saturated heterocycles. The monoisotopic (exact) mass is 258 g/mol. The van der Waals surface area contributed by atoms with Gasteiger partial charge >= 0.3 is 0 Å². The second-order valence-corrected chi connectivity index (χ2v) is 3.41. The predicted octanol–water partition coefficient (Wildman–Crippen LogP) is 4.24. The summed E-state index contributed by atoms with van der Waals surface area (Å²) in [4.78, 5) is 10.8. The van der Waals surface area contributed by atoms with Crippen molar-refractivity contribution in [1.29, 1.82) is 5.26 Å². The van der Waals surface area contributed by atoms with Gasteiger partial charge in [0.2, 0.25) is 0 Å². The Kier molecular flexibility index (Phi) is 9.73. The number of H-pyrrole nitrogens is 1. The topological polar surface area (TPSA) is 65.4 Å². The van der Waals surface area contributed by atoms with E-state index < -0.39 is 0 Å². The first-order valence-corrected chi connectivity index (χ1v) is 6.64. The van der Waals surface area contributed by atoms with Crippen LogP contribution in [0, 0.1) is 11.3 Å². The zero-order valence-corrected chi connectivity index (χ0v) is 12.1. The van der Waals surface area contributed by atoms with Gasteiger partial charge in [-0.2, -0.15) is 5.26 Å². The Hall–Kier alpha value is -2.15. The molecule has 4 heteroatoms. The van der Waals surface area contributed by atoms with E-state index in [1.807, 2.05) is 46.0 Å². The van der Waals surface area contributed by atoms with Gasteiger partial charge in [0, 0.05) is 23.4 Å². The van der Waals surface area contributed by atoms with E-state index >= 15 is 0 Å². The normalized spacial score (nSPS) is 9.74. The third kappa shape index (κ3) is 6.37. The van der Waals surface area contributed by atoms with E-state index in [1.54, 1.807) is 6.20 Å². The third-order valence-corrected chi connectivity index (χ3v) is 2.20. The number of fused-ring (bicyclic) bond motifs is 1. The van der Waals surface area contributed by atoms with Gasteiger partial charge in [0.15, 0.2) is 0 Å². The first kappa shape index (κ1) is 16.9. The summed E-state index contributed by atoms with van der Waals surface area (Å²) < 4.78 is 0. The van der Waals surface area contributed by atoms with E-state index in [-0.39, 0.29) is 0 Å². The van der Waals surface area contributed by atoms with Crippen LogP contribution < -0.4 is 0 Å². The second-order valence-electron chi connectivity index (χ2n) is 3.41. The zero-order valence-electron chi connectivity index (χ0n) is 12.1. The average Bonchev–Trinajstić information content (AvgIpc) is 2.96. The molecule has 19 heavy (non-hydrogen) atoms. The van der Waals surface area contributed by atoms with Crippen LogP contribution in [-0.4, -0.2) is 15.0 Å². The maximum absolute atomic E-state index is 8.34. The number of aromatic nitrogens is 3. The summed E-state index contributed by atoms with van der Waals surface area (Å²) in [7, 11) is 0. The Bertz CT molecular complexity index is 490. The molecule has 0 amide bonds. The molecule has 0 aliphatic carbocycles. The molecule has 0 radical (unpaired) electrons. The second kappa shape index (κ2) is 11.0. The lowest BCUT2D eigenvalue weighted by Gasteiger charge is -1.85. The standard InChI is InChI=1S/C7H11N.C6H5N3.C2H6/c1-3-5-7(4-2)6-8;1-2-8-6-5(1)3-7-4-9-6;1-2/h5H,3-4H2,1-2H3;1-4H,(H,7,8,9);1-2H3/b7-5-;;. The SMILES string of the molecule is CC.CC/C=C(\C#N)CC.c1ncc2cc[nH]c2n1. The molecule has 0 aliphatic rings. The fraction of sp³-hybridized carbons (Fsp3) is 0.400. The van der Waals surface area contributed by atoms with Crippen molar-refractivity contribution in [2.75, 3.05) is 0 Å². The van der Waals surface area contributed by atoms with E-state index in [0.717, 1.165) is 29.4 Å². The van der Waals surface area contributed by atoms with E-state index in [1.165, 1.54) is 6.33 Å². The van der Waals surface area contributed by atoms with Crippen LogP contribution in [0.15, 0.2) is 36.4 Å². The fourth-order valence-corrected chi connectivity index (χ4v) is 1.31. The maximum Gasteiger partial charge on any atom is 0.140 e. The lowest BCUT2D eigenvalue weighted by Crippen LogP contribution is -1.75. The summed E-state index contributed by atoms with van der Waals surface area (Å²) in [6.07, 6.45) is 8.94. The Labute approximate surface area is 115 Å². The van der Waals surface area contributed by atoms with Gasteiger partial charge in [-0.15, -0.1) is 0 Å². The first-order valence-electron chi connectivity index (χ1n) is 6.64. The summed E-state index contributed by atoms with van der Waals surface area (Å²) in [6.45, 7) is 8.03. The fourth-order valence-electron chi connectivity index (χ4n) is 1.31. The van der Waals surface area contributed by atoms with Crippen LogP contribution in [0.2, 0.25) is 0 Å². The van der Waals surface area contributed by atoms with Crippen molar-refractivity contribution in [2.24, 2.45) is 0 Å². The molecule has 0 bridgehead atoms. The molecule has 2 heterocycles. The largest absolute Gasteiger partial charge is 0.346 e. The molecule has 0 saturated carbocycles. The van der Waals surface area contributed by atoms with Crippen molar-refractivity contribution in [3.63, 3.8) is 0 Å². The molecule has 1 N–H and O–H groups in total. The van der Waals surface area contributed by atoms with Crippen molar-refractivity contribution in [2.45, 2.75) is 40.5 Å². The molecule has 2 rings (SSSR count). The van der Waals surface area contributed by atoms with Crippen LogP contribution >= 0.6 is 0 Å². The lowest BCUT2D eigenvalue weighted by atomic mass is 10.2. The molecular formula is C15H22N4. The Morgan fingerprint density at radius 2 is 2.16 bits per heavy atom. The molecule has 2 aromatic heterocycles. The Morgan fingerprint density at radius 3 is 2.63 bits per heavy atom. The van der Waals surface area contributed by atoms with Gasteiger partial charge in [-0.25, -0.2) is 9.97 Å². The number of nitrogens with zero attached hydrogens (tertiary/aromatic N) is 3. The lowest BCUT2D eigenvalue weighted by molar-refractivity contribution is 1.10. The number of rotatable bonds is 2. The molecule has 0 aliphatic heterocycles. The average molecular weight is 258 g/mol. The molecule has 0 spiro atoms. The molecule has 4 nitrogen and oxygen atoms in total. The molecule has 0 atom stereocenters. The van der Waals surface area contributed by atoms with Crippen molar-refractivity contribution < 1.29 is 0 Å². The Balaban J connectivity index is 0.000000305. The van der Waals surface area contributed by atoms with E-state index in [4.69, 9.17) is 5.26 Å². The minimum atomic E-state index is 0.865. The maximum atomic E-state index is 8.34. The molecule has 0 unspecified atom stereocenters. The van der Waals surface area contributed by atoms with Crippen LogP contribution in [0.3, 0.4) is 0 Å². The highest BCUT2D eigenvalue weighted by Gasteiger charge is 1.89. The van der Waals surface area contributed by atoms with Gasteiger partial charge in [-0.1, -0.05) is 33.8 Å². The van der Waals surface area contributed by atoms with Crippen LogP contribution in [0.25, 0.3) is 11.0 Å². The minimum absolute atomic E-state index is 0.865. The van der Waals surface area contributed by atoms with E-state index in [0.29, 0.717) is 0 Å². The summed E-state index contributed by atoms with van der Waals surface area (Å²) in [6, 6.07) is 4.05. The first-order chi connectivity index (χ1) is 9.31. The number of allylic oxidation sites excluding steroid dienone is 2. The highest BCUT2D eigenvalue weighted by atomic mass is 14.9. The molecule has 0 fully saturated rings. The summed E-state index contributed by atoms with van der Waals surface area (Å²) in [5.41, 5.74) is 1.79. The van der Waals surface area contributed by atoms with Gasteiger partial charge in [0.05, 0.1) is 6.07 Å². The number of nitriles is 1. The van der Waals surface area contributed by atoms with Crippen molar-refractivity contribution in [3.8, 4) is 6.07 Å². The van der Waals surface area contributed by atoms with Crippen LogP contribution in [0.5, 0.6) is 0 Å². The Morgan fingerprint density at radius 1 is 1.42 bits per heavy atom. The van der Waals surface area contributed by atoms with E-state index in [9.17, 15) is 0 Å². The number of nitrogens with one attached hydrogen (secondary N) is 1. The van der Waals surface area contributed by atoms with Crippen LogP contribution in [0.4, 0.5) is 0 Å². The van der Waals surface area contributed by atoms with Crippen molar-refractivity contribution >= 4 is 11.0 Å². The van der Waals surface area contributed by atoms with Crippen molar-refractivity contribution in [1.82, 2.24) is 15.0 Å². The van der Waals surface area contributed by atoms with E-state index in [2.05, 4.69) is 21.0 Å². The molecular weight excluding hydrogens is 236 g/mol. The van der Waals surface area contributed by atoms with Crippen molar-refractivity contribution in [3.05, 3.63) is 36.4 Å². The number of hydrogen-bond donors (Lipinski definition) is 1. The molecule has 0 aromatic carbocycles. The minimum Gasteiger partial charge on any atom is -0.346 e. The molecule has 102 valence electrons. The smallest absolute Gasteiger partial charge is 0.140 e. The highest BCUT2D eigenvalue weighted by molar-refractivity contribution is 5.73. The highest BCUT2D eigenvalue weighted by Crippen LogP contribution is 2.03. The summed E-state index contributed by atoms with van der Waals surface area (Å²) in [5, 5.41) is 9.39. The van der Waals surface area contributed by atoms with Gasteiger partial charge in [-0.3, -0.25) is 0 Å². The van der Waals surface area contributed by atoms with Crippen LogP contribution in [0.1, 0.15) is 40.5 Å². The molecule has 2 aromatic rings. The number of aromatic amines is 1. The van der Waals surface area contributed by atoms with Gasteiger partial charge in [0.25, 0.3) is 0 Å². The number of hydrogen-bond acceptors (Lipinski definition) is 3. The zero-order chi connectivity index (χ0) is 14.5. The summed E-state index contributed by atoms with van der Waals surface area (Å²) in [5.74, 6) is 0. The van der Waals surface area contributed by atoms with Crippen LogP contribution in [-0.2, 0) is 0 Å². The van der Waals surface area contributed by atoms with Gasteiger partial charge < -0.3 is 4.98 Å². The predicted molar refractivity (Wildman–Crippen MR) is 79.5 cm³/mol. The van der Waals surface area contributed by atoms with Gasteiger partial charge in [-0.05, 0) is 18.9 Å². The quantitative estimate of drug-likeness (QED) is 0.819. The third-order valence-electron chi connectivity index (χ3n) is 2.20. The summed E-state index contributed by atoms with van der Waals surface area (Å²) >= 11 is 0.